The first kappa shape index (κ1) is 24.7. The van der Waals surface area contributed by atoms with Gasteiger partial charge in [-0.2, -0.15) is 5.10 Å². The van der Waals surface area contributed by atoms with Crippen LogP contribution in [0.4, 0.5) is 19.0 Å². The maximum Gasteiger partial charge on any atom is 0.573 e. The van der Waals surface area contributed by atoms with Crippen molar-refractivity contribution in [1.29, 1.82) is 0 Å². The monoisotopic (exact) mass is 473 g/mol. The van der Waals surface area contributed by atoms with Crippen LogP contribution in [0.15, 0.2) is 54.7 Å². The Morgan fingerprint density at radius 3 is 2.53 bits per heavy atom. The normalized spacial score (nSPS) is 11.8. The number of benzene rings is 2. The molecule has 10 heteroatoms. The summed E-state index contributed by atoms with van der Waals surface area (Å²) in [4.78, 5) is 12.8. The number of alkyl halides is 3. The number of aryl methyl sites for hydroxylation is 1. The number of hydrogen-bond acceptors (Lipinski definition) is 5. The fraction of sp³-hybridized carbons (Fsp3) is 0.250. The minimum Gasteiger partial charge on any atom is -0.488 e. The minimum absolute atomic E-state index is 0.270. The summed E-state index contributed by atoms with van der Waals surface area (Å²) < 4.78 is 53.8. The van der Waals surface area contributed by atoms with Gasteiger partial charge in [0.2, 0.25) is 0 Å². The lowest BCUT2D eigenvalue weighted by atomic mass is 10.1. The Labute approximate surface area is 194 Å². The van der Waals surface area contributed by atoms with Gasteiger partial charge >= 0.3 is 6.36 Å². The van der Waals surface area contributed by atoms with E-state index in [4.69, 9.17) is 9.47 Å². The summed E-state index contributed by atoms with van der Waals surface area (Å²) in [6.07, 6.45) is -3.40. The SMILES string of the molecule is COC[C@H](C)Oc1cc(C#Cc2cccc(OC(F)(F)F)c2)cc(C(=O)Nc2ccn(C)n2)c1. The lowest BCUT2D eigenvalue weighted by Crippen LogP contribution is -2.19. The van der Waals surface area contributed by atoms with Crippen LogP contribution < -0.4 is 14.8 Å². The van der Waals surface area contributed by atoms with E-state index in [0.717, 1.165) is 0 Å². The second kappa shape index (κ2) is 10.8. The smallest absolute Gasteiger partial charge is 0.488 e. The van der Waals surface area contributed by atoms with Gasteiger partial charge in [0.25, 0.3) is 5.91 Å². The van der Waals surface area contributed by atoms with Crippen molar-refractivity contribution in [2.75, 3.05) is 19.0 Å². The van der Waals surface area contributed by atoms with E-state index >= 15 is 0 Å². The van der Waals surface area contributed by atoms with Crippen molar-refractivity contribution in [1.82, 2.24) is 9.78 Å². The third-order valence-corrected chi connectivity index (χ3v) is 4.28. The van der Waals surface area contributed by atoms with Crippen LogP contribution in [0.3, 0.4) is 0 Å². The van der Waals surface area contributed by atoms with Crippen LogP contribution in [0, 0.1) is 11.8 Å². The summed E-state index contributed by atoms with van der Waals surface area (Å²) in [5.74, 6) is 5.61. The molecule has 0 aliphatic carbocycles. The molecular formula is C24H22F3N3O4. The topological polar surface area (TPSA) is 74.6 Å². The van der Waals surface area contributed by atoms with Gasteiger partial charge in [0.1, 0.15) is 17.6 Å². The molecule has 0 radical (unpaired) electrons. The van der Waals surface area contributed by atoms with Crippen LogP contribution in [0.2, 0.25) is 0 Å². The molecule has 1 heterocycles. The van der Waals surface area contributed by atoms with Crippen molar-refractivity contribution in [2.45, 2.75) is 19.4 Å². The fourth-order valence-electron chi connectivity index (χ4n) is 2.96. The summed E-state index contributed by atoms with van der Waals surface area (Å²) >= 11 is 0. The van der Waals surface area contributed by atoms with Gasteiger partial charge in [0.15, 0.2) is 5.82 Å². The highest BCUT2D eigenvalue weighted by Gasteiger charge is 2.31. The number of anilines is 1. The number of nitrogens with one attached hydrogen (secondary N) is 1. The molecule has 1 aromatic heterocycles. The number of hydrogen-bond donors (Lipinski definition) is 1. The molecule has 2 aromatic carbocycles. The molecule has 1 N–H and O–H groups in total. The number of aromatic nitrogens is 2. The number of carbonyl (C=O) groups is 1. The second-order valence-electron chi connectivity index (χ2n) is 7.28. The van der Waals surface area contributed by atoms with Gasteiger partial charge in [-0.15, -0.1) is 13.2 Å². The maximum absolute atomic E-state index is 12.8. The number of rotatable bonds is 7. The molecule has 1 amide bonds. The molecule has 0 saturated heterocycles. The molecule has 0 aliphatic rings. The van der Waals surface area contributed by atoms with Gasteiger partial charge in [-0.25, -0.2) is 0 Å². The van der Waals surface area contributed by atoms with E-state index in [1.807, 2.05) is 6.92 Å². The molecule has 3 aromatic rings. The minimum atomic E-state index is -4.80. The standard InChI is InChI=1S/C24H22F3N3O4/c1-16(15-32-3)33-21-13-18(8-7-17-5-4-6-20(12-17)34-24(25,26)27)11-19(14-21)23(31)28-22-9-10-30(2)29-22/h4-6,9-14,16H,15H2,1-3H3,(H,28,29,31)/t16-/m0/s1. The zero-order valence-electron chi connectivity index (χ0n) is 18.6. The predicted molar refractivity (Wildman–Crippen MR) is 119 cm³/mol. The molecule has 0 saturated carbocycles. The van der Waals surface area contributed by atoms with Gasteiger partial charge in [0, 0.05) is 43.1 Å². The van der Waals surface area contributed by atoms with E-state index in [9.17, 15) is 18.0 Å². The highest BCUT2D eigenvalue weighted by molar-refractivity contribution is 6.04. The van der Waals surface area contributed by atoms with E-state index in [1.165, 1.54) is 18.2 Å². The molecular weight excluding hydrogens is 451 g/mol. The Bertz CT molecular complexity index is 1210. The fourth-order valence-corrected chi connectivity index (χ4v) is 2.96. The number of carbonyl (C=O) groups excluding carboxylic acids is 1. The van der Waals surface area contributed by atoms with E-state index in [0.29, 0.717) is 29.3 Å². The first-order valence-electron chi connectivity index (χ1n) is 10.1. The number of halogens is 3. The summed E-state index contributed by atoms with van der Waals surface area (Å²) in [6, 6.07) is 11.7. The number of amides is 1. The zero-order valence-corrected chi connectivity index (χ0v) is 18.6. The molecule has 178 valence electrons. The molecule has 0 fully saturated rings. The Balaban J connectivity index is 1.89. The lowest BCUT2D eigenvalue weighted by Gasteiger charge is -2.15. The Kier molecular flexibility index (Phi) is 7.81. The van der Waals surface area contributed by atoms with Gasteiger partial charge in [-0.3, -0.25) is 9.48 Å². The number of methoxy groups -OCH3 is 1. The molecule has 0 spiro atoms. The number of nitrogens with zero attached hydrogens (tertiary/aromatic N) is 2. The Morgan fingerprint density at radius 2 is 1.85 bits per heavy atom. The summed E-state index contributed by atoms with van der Waals surface area (Å²) in [5.41, 5.74) is 1.00. The molecule has 34 heavy (non-hydrogen) atoms. The van der Waals surface area contributed by atoms with E-state index < -0.39 is 12.3 Å². The van der Waals surface area contributed by atoms with Crippen LogP contribution in [-0.2, 0) is 11.8 Å². The maximum atomic E-state index is 12.8. The molecule has 0 bridgehead atoms. The van der Waals surface area contributed by atoms with Gasteiger partial charge in [-0.1, -0.05) is 17.9 Å². The average Bonchev–Trinajstić information content (AvgIpc) is 3.16. The lowest BCUT2D eigenvalue weighted by molar-refractivity contribution is -0.274. The van der Waals surface area contributed by atoms with E-state index in [2.05, 4.69) is 27.0 Å². The van der Waals surface area contributed by atoms with Crippen molar-refractivity contribution in [3.05, 3.63) is 71.4 Å². The van der Waals surface area contributed by atoms with Crippen molar-refractivity contribution in [2.24, 2.45) is 7.05 Å². The van der Waals surface area contributed by atoms with Gasteiger partial charge in [0.05, 0.1) is 6.61 Å². The quantitative estimate of drug-likeness (QED) is 0.516. The first-order valence-corrected chi connectivity index (χ1v) is 10.1. The molecule has 0 unspecified atom stereocenters. The highest BCUT2D eigenvalue weighted by Crippen LogP contribution is 2.23. The van der Waals surface area contributed by atoms with Gasteiger partial charge < -0.3 is 19.5 Å². The summed E-state index contributed by atoms with van der Waals surface area (Å²) in [7, 11) is 3.27. The third kappa shape index (κ3) is 7.56. The second-order valence-corrected chi connectivity index (χ2v) is 7.28. The van der Waals surface area contributed by atoms with Crippen LogP contribution >= 0.6 is 0 Å². The van der Waals surface area contributed by atoms with E-state index in [-0.39, 0.29) is 17.4 Å². The molecule has 7 nitrogen and oxygen atoms in total. The van der Waals surface area contributed by atoms with Gasteiger partial charge in [-0.05, 0) is 43.3 Å². The van der Waals surface area contributed by atoms with E-state index in [1.54, 1.807) is 55.4 Å². The van der Waals surface area contributed by atoms with Crippen molar-refractivity contribution in [3.63, 3.8) is 0 Å². The summed E-state index contributed by atoms with van der Waals surface area (Å²) in [6.45, 7) is 2.14. The van der Waals surface area contributed by atoms with Crippen LogP contribution in [0.25, 0.3) is 0 Å². The Morgan fingerprint density at radius 1 is 1.12 bits per heavy atom. The van der Waals surface area contributed by atoms with Crippen molar-refractivity contribution >= 4 is 11.7 Å². The van der Waals surface area contributed by atoms with Crippen LogP contribution in [0.5, 0.6) is 11.5 Å². The third-order valence-electron chi connectivity index (χ3n) is 4.28. The number of ether oxygens (including phenoxy) is 3. The molecule has 0 aliphatic heterocycles. The van der Waals surface area contributed by atoms with Crippen molar-refractivity contribution in [3.8, 4) is 23.3 Å². The van der Waals surface area contributed by atoms with Crippen LogP contribution in [0.1, 0.15) is 28.4 Å². The Hall–Kier alpha value is -3.97. The summed E-state index contributed by atoms with van der Waals surface area (Å²) in [5, 5.41) is 6.81. The average molecular weight is 473 g/mol. The largest absolute Gasteiger partial charge is 0.573 e. The first-order chi connectivity index (χ1) is 16.1. The van der Waals surface area contributed by atoms with Crippen molar-refractivity contribution < 1.29 is 32.2 Å². The molecule has 3 rings (SSSR count). The zero-order chi connectivity index (χ0) is 24.7. The molecule has 1 atom stereocenters. The van der Waals surface area contributed by atoms with Crippen LogP contribution in [-0.4, -0.2) is 41.9 Å². The predicted octanol–water partition coefficient (Wildman–Crippen LogP) is 4.38. The highest BCUT2D eigenvalue weighted by atomic mass is 19.4.